The summed E-state index contributed by atoms with van der Waals surface area (Å²) in [5, 5.41) is 3.46. The van der Waals surface area contributed by atoms with Crippen molar-refractivity contribution in [2.24, 2.45) is 0 Å². The summed E-state index contributed by atoms with van der Waals surface area (Å²) in [6.07, 6.45) is 1.23. The zero-order valence-corrected chi connectivity index (χ0v) is 12.4. The average molecular weight is 328 g/mol. The van der Waals surface area contributed by atoms with Gasteiger partial charge in [-0.1, -0.05) is 5.16 Å². The van der Waals surface area contributed by atoms with Crippen molar-refractivity contribution in [1.29, 1.82) is 0 Å². The molecule has 0 aliphatic heterocycles. The minimum atomic E-state index is -3.93. The van der Waals surface area contributed by atoms with Crippen LogP contribution in [-0.4, -0.2) is 26.6 Å². The number of methoxy groups -OCH3 is 1. The minimum absolute atomic E-state index is 0.0113. The fourth-order valence-electron chi connectivity index (χ4n) is 1.73. The second kappa shape index (κ2) is 6.67. The highest BCUT2D eigenvalue weighted by atomic mass is 32.2. The van der Waals surface area contributed by atoms with E-state index in [0.29, 0.717) is 0 Å². The van der Waals surface area contributed by atoms with Crippen molar-refractivity contribution >= 4 is 15.9 Å². The molecule has 2 rings (SSSR count). The Morgan fingerprint density at radius 2 is 2.18 bits per heavy atom. The van der Waals surface area contributed by atoms with E-state index < -0.39 is 27.5 Å². The second-order valence-corrected chi connectivity index (χ2v) is 6.14. The maximum atomic E-state index is 13.5. The Bertz CT molecular complexity index is 759. The van der Waals surface area contributed by atoms with E-state index in [2.05, 4.69) is 9.68 Å². The summed E-state index contributed by atoms with van der Waals surface area (Å²) in [5.41, 5.74) is 0.334. The first kappa shape index (κ1) is 16.1. The highest BCUT2D eigenvalue weighted by molar-refractivity contribution is 7.89. The van der Waals surface area contributed by atoms with Crippen molar-refractivity contribution in [3.8, 4) is 0 Å². The Hall–Kier alpha value is -2.26. The maximum absolute atomic E-state index is 13.5. The van der Waals surface area contributed by atoms with Gasteiger partial charge in [-0.15, -0.1) is 0 Å². The van der Waals surface area contributed by atoms with Crippen molar-refractivity contribution in [2.45, 2.75) is 12.4 Å². The molecule has 0 atom stereocenters. The molecular weight excluding hydrogens is 315 g/mol. The van der Waals surface area contributed by atoms with Gasteiger partial charge >= 0.3 is 0 Å². The lowest BCUT2D eigenvalue weighted by molar-refractivity contribution is 0.0981. The van der Waals surface area contributed by atoms with Crippen molar-refractivity contribution in [3.63, 3.8) is 0 Å². The number of benzene rings is 1. The zero-order valence-electron chi connectivity index (χ0n) is 11.6. The van der Waals surface area contributed by atoms with Gasteiger partial charge in [0.15, 0.2) is 0 Å². The predicted octanol–water partition coefficient (Wildman–Crippen LogP) is 1.22. The third-order valence-electron chi connectivity index (χ3n) is 2.69. The molecule has 0 bridgehead atoms. The number of amides is 1. The molecule has 1 aromatic carbocycles. The summed E-state index contributed by atoms with van der Waals surface area (Å²) in [6, 6.07) is 4.88. The van der Waals surface area contributed by atoms with Gasteiger partial charge in [0.2, 0.25) is 10.0 Å². The van der Waals surface area contributed by atoms with E-state index in [1.165, 1.54) is 31.6 Å². The molecule has 0 saturated carbocycles. The Balaban J connectivity index is 2.13. The molecule has 9 heteroatoms. The van der Waals surface area contributed by atoms with Gasteiger partial charge < -0.3 is 9.26 Å². The van der Waals surface area contributed by atoms with Gasteiger partial charge in [0.1, 0.15) is 23.5 Å². The van der Waals surface area contributed by atoms with Crippen LogP contribution in [0.25, 0.3) is 0 Å². The lowest BCUT2D eigenvalue weighted by Crippen LogP contribution is -2.31. The van der Waals surface area contributed by atoms with Crippen LogP contribution >= 0.6 is 0 Å². The number of hydrogen-bond donors (Lipinski definition) is 1. The molecule has 0 radical (unpaired) electrons. The van der Waals surface area contributed by atoms with Crippen molar-refractivity contribution < 1.29 is 26.9 Å². The van der Waals surface area contributed by atoms with Crippen molar-refractivity contribution in [3.05, 3.63) is 53.2 Å². The second-order valence-electron chi connectivity index (χ2n) is 4.42. The largest absolute Gasteiger partial charge is 0.380 e. The SMILES string of the molecule is COCc1cc(C(=O)NS(=O)(=O)Cc2ccon2)ccc1F. The van der Waals surface area contributed by atoms with E-state index in [4.69, 9.17) is 4.74 Å². The fraction of sp³-hybridized carbons (Fsp3) is 0.231. The molecule has 0 unspecified atom stereocenters. The van der Waals surface area contributed by atoms with Gasteiger partial charge in [-0.2, -0.15) is 0 Å². The zero-order chi connectivity index (χ0) is 16.2. The molecule has 118 valence electrons. The van der Waals surface area contributed by atoms with Crippen LogP contribution in [0.15, 0.2) is 35.1 Å². The van der Waals surface area contributed by atoms with E-state index in [-0.39, 0.29) is 23.4 Å². The lowest BCUT2D eigenvalue weighted by Gasteiger charge is -2.08. The Morgan fingerprint density at radius 1 is 1.41 bits per heavy atom. The first-order chi connectivity index (χ1) is 10.4. The summed E-state index contributed by atoms with van der Waals surface area (Å²) in [6.45, 7) is -0.0291. The monoisotopic (exact) mass is 328 g/mol. The molecule has 0 aliphatic rings. The molecule has 1 amide bonds. The summed E-state index contributed by atoms with van der Waals surface area (Å²) in [5.74, 6) is -1.90. The molecule has 0 spiro atoms. The molecular formula is C13H13FN2O5S. The molecule has 22 heavy (non-hydrogen) atoms. The number of nitrogens with one attached hydrogen (secondary N) is 1. The van der Waals surface area contributed by atoms with E-state index >= 15 is 0 Å². The number of sulfonamides is 1. The van der Waals surface area contributed by atoms with Crippen molar-refractivity contribution in [1.82, 2.24) is 9.88 Å². The quantitative estimate of drug-likeness (QED) is 0.856. The highest BCUT2D eigenvalue weighted by Gasteiger charge is 2.19. The van der Waals surface area contributed by atoms with Gasteiger partial charge in [-0.3, -0.25) is 4.79 Å². The summed E-state index contributed by atoms with van der Waals surface area (Å²) in [7, 11) is -2.55. The third kappa shape index (κ3) is 4.12. The van der Waals surface area contributed by atoms with Crippen LogP contribution in [0.2, 0.25) is 0 Å². The first-order valence-electron chi connectivity index (χ1n) is 6.13. The van der Waals surface area contributed by atoms with Gasteiger partial charge in [0, 0.05) is 24.3 Å². The molecule has 0 saturated heterocycles. The van der Waals surface area contributed by atoms with Crippen LogP contribution in [0.5, 0.6) is 0 Å². The standard InChI is InChI=1S/C13H13FN2O5S/c1-20-7-10-6-9(2-3-12(10)14)13(17)16-22(18,19)8-11-4-5-21-15-11/h2-6H,7-8H2,1H3,(H,16,17). The Kier molecular flexibility index (Phi) is 4.88. The van der Waals surface area contributed by atoms with Crippen LogP contribution in [-0.2, 0) is 27.1 Å². The third-order valence-corrected chi connectivity index (χ3v) is 3.86. The molecule has 1 N–H and O–H groups in total. The maximum Gasteiger partial charge on any atom is 0.264 e. The summed E-state index contributed by atoms with van der Waals surface area (Å²) >= 11 is 0. The Morgan fingerprint density at radius 3 is 2.82 bits per heavy atom. The molecule has 1 aromatic heterocycles. The molecule has 1 heterocycles. The van der Waals surface area contributed by atoms with Gasteiger partial charge in [0.25, 0.3) is 5.91 Å². The van der Waals surface area contributed by atoms with E-state index in [1.807, 2.05) is 4.72 Å². The number of carbonyl (C=O) groups excluding carboxylic acids is 1. The van der Waals surface area contributed by atoms with E-state index in [0.717, 1.165) is 6.07 Å². The normalized spacial score (nSPS) is 11.4. The fourth-order valence-corrected chi connectivity index (χ4v) is 2.74. The average Bonchev–Trinajstić information content (AvgIpc) is 2.92. The molecule has 0 fully saturated rings. The number of halogens is 1. The number of carbonyl (C=O) groups is 1. The number of ether oxygens (including phenoxy) is 1. The molecule has 7 nitrogen and oxygen atoms in total. The highest BCUT2D eigenvalue weighted by Crippen LogP contribution is 2.12. The lowest BCUT2D eigenvalue weighted by atomic mass is 10.1. The van der Waals surface area contributed by atoms with Crippen LogP contribution in [0.1, 0.15) is 21.6 Å². The topological polar surface area (TPSA) is 98.5 Å². The summed E-state index contributed by atoms with van der Waals surface area (Å²) < 4.78 is 48.4. The number of nitrogens with zero attached hydrogens (tertiary/aromatic N) is 1. The van der Waals surface area contributed by atoms with Crippen LogP contribution in [0.4, 0.5) is 4.39 Å². The minimum Gasteiger partial charge on any atom is -0.380 e. The van der Waals surface area contributed by atoms with E-state index in [1.54, 1.807) is 0 Å². The molecule has 2 aromatic rings. The Labute approximate surface area is 126 Å². The molecule has 0 aliphatic carbocycles. The summed E-state index contributed by atoms with van der Waals surface area (Å²) in [4.78, 5) is 12.0. The van der Waals surface area contributed by atoms with Gasteiger partial charge in [-0.05, 0) is 18.2 Å². The predicted molar refractivity (Wildman–Crippen MR) is 73.7 cm³/mol. The number of rotatable bonds is 6. The van der Waals surface area contributed by atoms with Crippen LogP contribution in [0.3, 0.4) is 0 Å². The smallest absolute Gasteiger partial charge is 0.264 e. The van der Waals surface area contributed by atoms with Crippen molar-refractivity contribution in [2.75, 3.05) is 7.11 Å². The number of hydrogen-bond acceptors (Lipinski definition) is 6. The number of aromatic nitrogens is 1. The van der Waals surface area contributed by atoms with Crippen LogP contribution < -0.4 is 4.72 Å². The van der Waals surface area contributed by atoms with Gasteiger partial charge in [-0.25, -0.2) is 17.5 Å². The van der Waals surface area contributed by atoms with E-state index in [9.17, 15) is 17.6 Å². The van der Waals surface area contributed by atoms with Gasteiger partial charge in [0.05, 0.1) is 6.61 Å². The van der Waals surface area contributed by atoms with Crippen LogP contribution in [0, 0.1) is 5.82 Å². The first-order valence-corrected chi connectivity index (χ1v) is 7.78.